The minimum atomic E-state index is -0.283. The molecule has 0 bridgehead atoms. The molecule has 96 valence electrons. The normalized spacial score (nSPS) is 14.1. The number of hydrogen-bond acceptors (Lipinski definition) is 4. The van der Waals surface area contributed by atoms with Crippen LogP contribution in [0.15, 0.2) is 5.38 Å². The summed E-state index contributed by atoms with van der Waals surface area (Å²) in [6, 6.07) is -0.361. The number of rotatable bonds is 5. The van der Waals surface area contributed by atoms with Gasteiger partial charge in [-0.3, -0.25) is 5.32 Å². The minimum Gasteiger partial charge on any atom is -0.396 e. The molecular formula is C11H19N3O2S. The van der Waals surface area contributed by atoms with E-state index in [-0.39, 0.29) is 24.6 Å². The maximum Gasteiger partial charge on any atom is 0.321 e. The molecular weight excluding hydrogens is 238 g/mol. The SMILES string of the molecule is CCc1csc(NC(=O)NC(C)C(C)CO)n1. The Bertz CT molecular complexity index is 367. The van der Waals surface area contributed by atoms with Gasteiger partial charge in [-0.1, -0.05) is 13.8 Å². The van der Waals surface area contributed by atoms with Crippen molar-refractivity contribution in [1.82, 2.24) is 10.3 Å². The first-order chi connectivity index (χ1) is 8.06. The number of carbonyl (C=O) groups excluding carboxylic acids is 1. The van der Waals surface area contributed by atoms with E-state index >= 15 is 0 Å². The Morgan fingerprint density at radius 3 is 2.82 bits per heavy atom. The molecule has 5 nitrogen and oxygen atoms in total. The molecule has 0 aliphatic rings. The molecule has 0 aromatic carbocycles. The summed E-state index contributed by atoms with van der Waals surface area (Å²) in [6.45, 7) is 5.81. The second-order valence-electron chi connectivity index (χ2n) is 4.04. The number of aliphatic hydroxyl groups is 1. The van der Waals surface area contributed by atoms with E-state index < -0.39 is 0 Å². The van der Waals surface area contributed by atoms with Crippen molar-refractivity contribution in [2.75, 3.05) is 11.9 Å². The number of aliphatic hydroxyl groups excluding tert-OH is 1. The molecule has 0 fully saturated rings. The van der Waals surface area contributed by atoms with Crippen molar-refractivity contribution in [2.24, 2.45) is 5.92 Å². The number of nitrogens with zero attached hydrogens (tertiary/aromatic N) is 1. The molecule has 1 rings (SSSR count). The third-order valence-electron chi connectivity index (χ3n) is 2.63. The van der Waals surface area contributed by atoms with Gasteiger partial charge in [0.2, 0.25) is 0 Å². The van der Waals surface area contributed by atoms with Crippen LogP contribution in [-0.2, 0) is 6.42 Å². The summed E-state index contributed by atoms with van der Waals surface area (Å²) < 4.78 is 0. The number of anilines is 1. The van der Waals surface area contributed by atoms with Gasteiger partial charge in [-0.25, -0.2) is 9.78 Å². The van der Waals surface area contributed by atoms with Gasteiger partial charge in [0.15, 0.2) is 5.13 Å². The Hall–Kier alpha value is -1.14. The van der Waals surface area contributed by atoms with Crippen LogP contribution in [0, 0.1) is 5.92 Å². The van der Waals surface area contributed by atoms with Crippen LogP contribution in [0.2, 0.25) is 0 Å². The molecule has 2 atom stereocenters. The van der Waals surface area contributed by atoms with Gasteiger partial charge in [-0.05, 0) is 19.3 Å². The number of aromatic nitrogens is 1. The highest BCUT2D eigenvalue weighted by Crippen LogP contribution is 2.15. The molecule has 0 saturated heterocycles. The molecule has 2 unspecified atom stereocenters. The van der Waals surface area contributed by atoms with E-state index in [1.807, 2.05) is 26.2 Å². The van der Waals surface area contributed by atoms with Gasteiger partial charge >= 0.3 is 6.03 Å². The second-order valence-corrected chi connectivity index (χ2v) is 4.90. The van der Waals surface area contributed by atoms with Crippen LogP contribution in [-0.4, -0.2) is 28.8 Å². The standard InChI is InChI=1S/C11H19N3O2S/c1-4-9-6-17-11(13-9)14-10(16)12-8(3)7(2)5-15/h6-8,15H,4-5H2,1-3H3,(H2,12,13,14,16). The van der Waals surface area contributed by atoms with Crippen LogP contribution in [0.1, 0.15) is 26.5 Å². The quantitative estimate of drug-likeness (QED) is 0.753. The molecule has 0 saturated carbocycles. The van der Waals surface area contributed by atoms with Crippen LogP contribution < -0.4 is 10.6 Å². The van der Waals surface area contributed by atoms with Crippen LogP contribution in [0.3, 0.4) is 0 Å². The lowest BCUT2D eigenvalue weighted by molar-refractivity contribution is 0.204. The van der Waals surface area contributed by atoms with Gasteiger partial charge in [0, 0.05) is 18.0 Å². The smallest absolute Gasteiger partial charge is 0.321 e. The van der Waals surface area contributed by atoms with Gasteiger partial charge in [-0.2, -0.15) is 0 Å². The lowest BCUT2D eigenvalue weighted by Crippen LogP contribution is -2.40. The summed E-state index contributed by atoms with van der Waals surface area (Å²) in [5, 5.41) is 16.9. The summed E-state index contributed by atoms with van der Waals surface area (Å²) in [5.74, 6) is 0.0308. The number of hydrogen-bond donors (Lipinski definition) is 3. The summed E-state index contributed by atoms with van der Waals surface area (Å²) >= 11 is 1.41. The molecule has 0 spiro atoms. The molecule has 3 N–H and O–H groups in total. The number of carbonyl (C=O) groups is 1. The number of nitrogens with one attached hydrogen (secondary N) is 2. The molecule has 1 aromatic heterocycles. The fourth-order valence-corrected chi connectivity index (χ4v) is 1.96. The van der Waals surface area contributed by atoms with Crippen molar-refractivity contribution in [3.05, 3.63) is 11.1 Å². The Balaban J connectivity index is 2.44. The molecule has 0 radical (unpaired) electrons. The third-order valence-corrected chi connectivity index (χ3v) is 3.44. The Kier molecular flexibility index (Phi) is 5.37. The first-order valence-electron chi connectivity index (χ1n) is 5.69. The highest BCUT2D eigenvalue weighted by molar-refractivity contribution is 7.13. The summed E-state index contributed by atoms with van der Waals surface area (Å²) in [6.07, 6.45) is 0.859. The zero-order chi connectivity index (χ0) is 12.8. The minimum absolute atomic E-state index is 0.0308. The maximum absolute atomic E-state index is 11.6. The maximum atomic E-state index is 11.6. The highest BCUT2D eigenvalue weighted by Gasteiger charge is 2.14. The summed E-state index contributed by atoms with van der Waals surface area (Å²) in [5.41, 5.74) is 0.974. The average molecular weight is 257 g/mol. The second kappa shape index (κ2) is 6.56. The molecule has 6 heteroatoms. The number of amides is 2. The number of aryl methyl sites for hydroxylation is 1. The van der Waals surface area contributed by atoms with Crippen LogP contribution in [0.4, 0.5) is 9.93 Å². The fourth-order valence-electron chi connectivity index (χ4n) is 1.17. The first kappa shape index (κ1) is 13.9. The van der Waals surface area contributed by atoms with Gasteiger partial charge < -0.3 is 10.4 Å². The van der Waals surface area contributed by atoms with Crippen molar-refractivity contribution >= 4 is 22.5 Å². The lowest BCUT2D eigenvalue weighted by Gasteiger charge is -2.18. The zero-order valence-electron chi connectivity index (χ0n) is 10.4. The van der Waals surface area contributed by atoms with Crippen molar-refractivity contribution < 1.29 is 9.90 Å². The van der Waals surface area contributed by atoms with Gasteiger partial charge in [0.05, 0.1) is 5.69 Å². The van der Waals surface area contributed by atoms with Crippen LogP contribution in [0.25, 0.3) is 0 Å². The predicted molar refractivity (Wildman–Crippen MR) is 69.4 cm³/mol. The van der Waals surface area contributed by atoms with Gasteiger partial charge in [0.25, 0.3) is 0 Å². The van der Waals surface area contributed by atoms with E-state index in [0.29, 0.717) is 5.13 Å². The van der Waals surface area contributed by atoms with Gasteiger partial charge in [0.1, 0.15) is 0 Å². The Morgan fingerprint density at radius 2 is 2.29 bits per heavy atom. The van der Waals surface area contributed by atoms with Crippen molar-refractivity contribution in [3.63, 3.8) is 0 Å². The molecule has 0 aliphatic carbocycles. The van der Waals surface area contributed by atoms with E-state index in [9.17, 15) is 4.79 Å². The summed E-state index contributed by atoms with van der Waals surface area (Å²) in [4.78, 5) is 15.8. The third kappa shape index (κ3) is 4.32. The van der Waals surface area contributed by atoms with E-state index in [1.54, 1.807) is 0 Å². The topological polar surface area (TPSA) is 74.2 Å². The first-order valence-corrected chi connectivity index (χ1v) is 6.57. The van der Waals surface area contributed by atoms with Crippen LogP contribution in [0.5, 0.6) is 0 Å². The number of urea groups is 1. The molecule has 1 heterocycles. The predicted octanol–water partition coefficient (Wildman–Crippen LogP) is 1.84. The van der Waals surface area contributed by atoms with E-state index in [2.05, 4.69) is 15.6 Å². The average Bonchev–Trinajstić information content (AvgIpc) is 2.75. The van der Waals surface area contributed by atoms with Crippen LogP contribution >= 0.6 is 11.3 Å². The largest absolute Gasteiger partial charge is 0.396 e. The van der Waals surface area contributed by atoms with Crippen molar-refractivity contribution in [1.29, 1.82) is 0 Å². The molecule has 2 amide bonds. The molecule has 0 aliphatic heterocycles. The lowest BCUT2D eigenvalue weighted by atomic mass is 10.1. The van der Waals surface area contributed by atoms with Gasteiger partial charge in [-0.15, -0.1) is 11.3 Å². The molecule has 17 heavy (non-hydrogen) atoms. The molecule has 1 aromatic rings. The highest BCUT2D eigenvalue weighted by atomic mass is 32.1. The number of thiazole rings is 1. The monoisotopic (exact) mass is 257 g/mol. The van der Waals surface area contributed by atoms with E-state index in [1.165, 1.54) is 11.3 Å². The van der Waals surface area contributed by atoms with Crippen molar-refractivity contribution in [3.8, 4) is 0 Å². The van der Waals surface area contributed by atoms with E-state index in [4.69, 9.17) is 5.11 Å². The van der Waals surface area contributed by atoms with Crippen molar-refractivity contribution in [2.45, 2.75) is 33.2 Å². The Morgan fingerprint density at radius 1 is 1.59 bits per heavy atom. The zero-order valence-corrected chi connectivity index (χ0v) is 11.2. The van der Waals surface area contributed by atoms with E-state index in [0.717, 1.165) is 12.1 Å². The Labute approximate surface area is 105 Å². The summed E-state index contributed by atoms with van der Waals surface area (Å²) in [7, 11) is 0. The fraction of sp³-hybridized carbons (Fsp3) is 0.636.